The summed E-state index contributed by atoms with van der Waals surface area (Å²) in [6.45, 7) is 2.06. The Labute approximate surface area is 237 Å². The number of urea groups is 1. The summed E-state index contributed by atoms with van der Waals surface area (Å²) in [7, 11) is 0. The number of anilines is 2. The largest absolute Gasteiger partial charge is 0.573 e. The zero-order valence-corrected chi connectivity index (χ0v) is 22.4. The van der Waals surface area contributed by atoms with Crippen molar-refractivity contribution in [3.05, 3.63) is 84.7 Å². The molecule has 5 rings (SSSR count). The van der Waals surface area contributed by atoms with Gasteiger partial charge in [0.25, 0.3) is 0 Å². The number of aliphatic imine (C=N–C) groups is 1. The molecular formula is C28H23F3N6O3S. The van der Waals surface area contributed by atoms with Crippen LogP contribution in [0.1, 0.15) is 18.9 Å². The van der Waals surface area contributed by atoms with Crippen LogP contribution in [-0.2, 0) is 11.2 Å². The summed E-state index contributed by atoms with van der Waals surface area (Å²) >= 11 is 1.21. The quantitative estimate of drug-likeness (QED) is 0.270. The van der Waals surface area contributed by atoms with Crippen molar-refractivity contribution < 1.29 is 27.5 Å². The molecule has 0 unspecified atom stereocenters. The monoisotopic (exact) mass is 580 g/mol. The lowest BCUT2D eigenvalue weighted by atomic mass is 10.1. The number of carbonyl (C=O) groups excluding carboxylic acids is 2. The van der Waals surface area contributed by atoms with Crippen molar-refractivity contribution in [2.45, 2.75) is 26.1 Å². The number of hydrogen-bond acceptors (Lipinski definition) is 6. The van der Waals surface area contributed by atoms with Gasteiger partial charge in [0.2, 0.25) is 5.91 Å². The SMILES string of the molecule is CCCc1ccccc1N1C(=O)CSC1=NC(=O)Nc1ccc(-c2ncn(-c3ccc(OC(F)(F)F)cc3)n2)cc1. The molecule has 1 N–H and O–H groups in total. The molecule has 3 amide bonds. The number of thioether (sulfide) groups is 1. The van der Waals surface area contributed by atoms with Crippen LogP contribution in [0.2, 0.25) is 0 Å². The molecule has 0 saturated carbocycles. The number of para-hydroxylation sites is 1. The molecule has 0 atom stereocenters. The van der Waals surface area contributed by atoms with Crippen molar-refractivity contribution in [2.24, 2.45) is 4.99 Å². The highest BCUT2D eigenvalue weighted by Crippen LogP contribution is 2.31. The van der Waals surface area contributed by atoms with Crippen LogP contribution in [0.3, 0.4) is 0 Å². The Hall–Kier alpha value is -4.65. The van der Waals surface area contributed by atoms with E-state index in [1.807, 2.05) is 24.3 Å². The summed E-state index contributed by atoms with van der Waals surface area (Å²) in [5, 5.41) is 7.40. The van der Waals surface area contributed by atoms with Gasteiger partial charge in [-0.15, -0.1) is 18.3 Å². The molecule has 3 aromatic carbocycles. The van der Waals surface area contributed by atoms with E-state index in [9.17, 15) is 22.8 Å². The fraction of sp³-hybridized carbons (Fsp3) is 0.179. The first-order chi connectivity index (χ1) is 19.7. The lowest BCUT2D eigenvalue weighted by Crippen LogP contribution is -2.31. The lowest BCUT2D eigenvalue weighted by molar-refractivity contribution is -0.274. The number of aromatic nitrogens is 3. The van der Waals surface area contributed by atoms with E-state index in [4.69, 9.17) is 0 Å². The van der Waals surface area contributed by atoms with Crippen molar-refractivity contribution in [3.8, 4) is 22.8 Å². The van der Waals surface area contributed by atoms with Gasteiger partial charge in [-0.1, -0.05) is 43.3 Å². The molecule has 0 bridgehead atoms. The fourth-order valence-corrected chi connectivity index (χ4v) is 5.01. The minimum absolute atomic E-state index is 0.132. The van der Waals surface area contributed by atoms with E-state index in [-0.39, 0.29) is 17.4 Å². The van der Waals surface area contributed by atoms with Crippen LogP contribution in [0.5, 0.6) is 5.75 Å². The predicted octanol–water partition coefficient (Wildman–Crippen LogP) is 6.45. The lowest BCUT2D eigenvalue weighted by Gasteiger charge is -2.19. The molecule has 9 nitrogen and oxygen atoms in total. The third-order valence-corrected chi connectivity index (χ3v) is 6.86. The standard InChI is InChI=1S/C28H23F3N6O3S/c1-2-5-18-6-3-4-7-23(18)37-24(38)16-41-27(37)34-26(39)33-20-10-8-19(9-11-20)25-32-17-36(35-25)21-12-14-22(15-13-21)40-28(29,30)31/h3-4,6-15,17H,2,5,16H2,1H3,(H,33,39). The molecule has 41 heavy (non-hydrogen) atoms. The van der Waals surface area contributed by atoms with E-state index >= 15 is 0 Å². The molecule has 0 spiro atoms. The Balaban J connectivity index is 1.25. The first-order valence-corrected chi connectivity index (χ1v) is 13.5. The van der Waals surface area contributed by atoms with Crippen molar-refractivity contribution in [1.82, 2.24) is 14.8 Å². The Morgan fingerprint density at radius 2 is 1.80 bits per heavy atom. The zero-order chi connectivity index (χ0) is 29.0. The Morgan fingerprint density at radius 3 is 2.51 bits per heavy atom. The Kier molecular flexibility index (Phi) is 8.06. The number of amides is 3. The van der Waals surface area contributed by atoms with Gasteiger partial charge in [-0.05, 0) is 66.6 Å². The summed E-state index contributed by atoms with van der Waals surface area (Å²) in [4.78, 5) is 35.3. The zero-order valence-electron chi connectivity index (χ0n) is 21.6. The van der Waals surface area contributed by atoms with Gasteiger partial charge in [-0.25, -0.2) is 14.5 Å². The van der Waals surface area contributed by atoms with Crippen molar-refractivity contribution >= 4 is 40.2 Å². The van der Waals surface area contributed by atoms with E-state index in [2.05, 4.69) is 32.1 Å². The van der Waals surface area contributed by atoms with Crippen LogP contribution in [0, 0.1) is 0 Å². The molecule has 4 aromatic rings. The number of amidine groups is 1. The molecule has 0 aliphatic carbocycles. The van der Waals surface area contributed by atoms with Crippen LogP contribution < -0.4 is 15.0 Å². The van der Waals surface area contributed by atoms with Gasteiger partial charge >= 0.3 is 12.4 Å². The molecule has 2 heterocycles. The summed E-state index contributed by atoms with van der Waals surface area (Å²) in [6, 6.07) is 19.0. The highest BCUT2D eigenvalue weighted by molar-refractivity contribution is 8.15. The van der Waals surface area contributed by atoms with Gasteiger partial charge in [0, 0.05) is 11.3 Å². The van der Waals surface area contributed by atoms with Crippen LogP contribution >= 0.6 is 11.8 Å². The van der Waals surface area contributed by atoms with Crippen molar-refractivity contribution in [3.63, 3.8) is 0 Å². The summed E-state index contributed by atoms with van der Waals surface area (Å²) < 4.78 is 42.4. The average molecular weight is 581 g/mol. The average Bonchev–Trinajstić information content (AvgIpc) is 3.56. The number of nitrogens with one attached hydrogen (secondary N) is 1. The topological polar surface area (TPSA) is 102 Å². The summed E-state index contributed by atoms with van der Waals surface area (Å²) in [5.74, 6) is 0.108. The number of rotatable bonds is 7. The van der Waals surface area contributed by atoms with E-state index in [1.165, 1.54) is 51.9 Å². The fourth-order valence-electron chi connectivity index (χ4n) is 4.15. The first kappa shape index (κ1) is 27.9. The minimum atomic E-state index is -4.77. The van der Waals surface area contributed by atoms with Gasteiger partial charge in [-0.3, -0.25) is 9.69 Å². The maximum atomic E-state index is 12.7. The first-order valence-electron chi connectivity index (χ1n) is 12.5. The van der Waals surface area contributed by atoms with Crippen LogP contribution in [0.4, 0.5) is 29.3 Å². The Bertz CT molecular complexity index is 1590. The molecule has 1 aromatic heterocycles. The molecule has 13 heteroatoms. The molecule has 1 aliphatic heterocycles. The van der Waals surface area contributed by atoms with Crippen LogP contribution in [0.15, 0.2) is 84.1 Å². The van der Waals surface area contributed by atoms with E-state index in [0.29, 0.717) is 27.9 Å². The van der Waals surface area contributed by atoms with Crippen LogP contribution in [0.25, 0.3) is 17.1 Å². The number of benzene rings is 3. The van der Waals surface area contributed by atoms with E-state index in [0.717, 1.165) is 24.1 Å². The van der Waals surface area contributed by atoms with Crippen molar-refractivity contribution in [2.75, 3.05) is 16.0 Å². The molecule has 1 saturated heterocycles. The van der Waals surface area contributed by atoms with E-state index < -0.39 is 12.4 Å². The van der Waals surface area contributed by atoms with Crippen molar-refractivity contribution in [1.29, 1.82) is 0 Å². The van der Waals surface area contributed by atoms with Gasteiger partial charge < -0.3 is 10.1 Å². The minimum Gasteiger partial charge on any atom is -0.406 e. The second-order valence-electron chi connectivity index (χ2n) is 8.85. The maximum Gasteiger partial charge on any atom is 0.573 e. The molecule has 1 fully saturated rings. The number of aryl methyl sites for hydroxylation is 1. The third kappa shape index (κ3) is 6.74. The van der Waals surface area contributed by atoms with E-state index in [1.54, 1.807) is 24.3 Å². The molecular weight excluding hydrogens is 557 g/mol. The normalized spacial score (nSPS) is 14.5. The van der Waals surface area contributed by atoms with Crippen LogP contribution in [-0.4, -0.2) is 44.0 Å². The maximum absolute atomic E-state index is 12.7. The Morgan fingerprint density at radius 1 is 1.07 bits per heavy atom. The molecule has 1 aliphatic rings. The molecule has 0 radical (unpaired) electrons. The number of ether oxygens (including phenoxy) is 1. The van der Waals surface area contributed by atoms with Gasteiger partial charge in [0.1, 0.15) is 12.1 Å². The third-order valence-electron chi connectivity index (χ3n) is 5.94. The number of nitrogens with zero attached hydrogens (tertiary/aromatic N) is 5. The second kappa shape index (κ2) is 11.8. The number of hydrogen-bond donors (Lipinski definition) is 1. The number of halogens is 3. The predicted molar refractivity (Wildman–Crippen MR) is 150 cm³/mol. The summed E-state index contributed by atoms with van der Waals surface area (Å²) in [6.07, 6.45) is -1.62. The smallest absolute Gasteiger partial charge is 0.406 e. The molecule has 210 valence electrons. The van der Waals surface area contributed by atoms with Gasteiger partial charge in [0.15, 0.2) is 11.0 Å². The van der Waals surface area contributed by atoms with Gasteiger partial charge in [-0.2, -0.15) is 4.99 Å². The van der Waals surface area contributed by atoms with Gasteiger partial charge in [0.05, 0.1) is 17.1 Å². The highest BCUT2D eigenvalue weighted by Gasteiger charge is 2.32. The second-order valence-corrected chi connectivity index (χ2v) is 9.80. The number of alkyl halides is 3. The number of carbonyl (C=O) groups is 2. The highest BCUT2D eigenvalue weighted by atomic mass is 32.2. The summed E-state index contributed by atoms with van der Waals surface area (Å²) in [5.41, 5.74) is 3.38.